The van der Waals surface area contributed by atoms with Crippen LogP contribution in [0.3, 0.4) is 0 Å². The highest BCUT2D eigenvalue weighted by molar-refractivity contribution is 7.09. The molecule has 4 unspecified atom stereocenters. The van der Waals surface area contributed by atoms with Gasteiger partial charge >= 0.3 is 0 Å². The monoisotopic (exact) mass is 415 g/mol. The van der Waals surface area contributed by atoms with Crippen molar-refractivity contribution in [2.45, 2.75) is 43.9 Å². The number of amides is 2. The van der Waals surface area contributed by atoms with Crippen LogP contribution in [-0.2, 0) is 20.9 Å². The summed E-state index contributed by atoms with van der Waals surface area (Å²) in [7, 11) is 0. The summed E-state index contributed by atoms with van der Waals surface area (Å²) in [4.78, 5) is 31.7. The fourth-order valence-electron chi connectivity index (χ4n) is 5.42. The molecule has 2 bridgehead atoms. The summed E-state index contributed by atoms with van der Waals surface area (Å²) in [6, 6.07) is 4.05. The van der Waals surface area contributed by atoms with Crippen LogP contribution in [-0.4, -0.2) is 66.0 Å². The van der Waals surface area contributed by atoms with Crippen LogP contribution in [0.25, 0.3) is 0 Å². The summed E-state index contributed by atoms with van der Waals surface area (Å²) in [6.07, 6.45) is 8.60. The normalized spacial score (nSPS) is 33.4. The van der Waals surface area contributed by atoms with Crippen molar-refractivity contribution in [3.63, 3.8) is 0 Å². The second-order valence-corrected chi connectivity index (χ2v) is 9.75. The highest BCUT2D eigenvalue weighted by Gasteiger charge is 2.66. The van der Waals surface area contributed by atoms with Gasteiger partial charge in [0.2, 0.25) is 11.8 Å². The van der Waals surface area contributed by atoms with Crippen LogP contribution in [0.15, 0.2) is 29.7 Å². The molecule has 4 aliphatic heterocycles. The molecular formula is C22H29N3O3S. The van der Waals surface area contributed by atoms with Crippen molar-refractivity contribution in [2.75, 3.05) is 32.7 Å². The largest absolute Gasteiger partial charge is 0.360 e. The lowest BCUT2D eigenvalue weighted by Crippen LogP contribution is -2.44. The molecule has 5 rings (SSSR count). The van der Waals surface area contributed by atoms with Crippen LogP contribution < -0.4 is 5.32 Å². The van der Waals surface area contributed by atoms with Gasteiger partial charge < -0.3 is 19.9 Å². The molecule has 0 aliphatic carbocycles. The number of ether oxygens (including phenoxy) is 1. The Morgan fingerprint density at radius 3 is 2.97 bits per heavy atom. The van der Waals surface area contributed by atoms with Crippen molar-refractivity contribution in [2.24, 2.45) is 11.8 Å². The Labute approximate surface area is 175 Å². The van der Waals surface area contributed by atoms with Crippen LogP contribution in [0.4, 0.5) is 0 Å². The summed E-state index contributed by atoms with van der Waals surface area (Å²) < 4.78 is 6.20. The van der Waals surface area contributed by atoms with Crippen LogP contribution in [0.5, 0.6) is 0 Å². The number of fused-ring (bicyclic) bond motifs is 1. The molecule has 29 heavy (non-hydrogen) atoms. The molecule has 1 spiro atoms. The number of nitrogens with zero attached hydrogens (tertiary/aromatic N) is 2. The predicted octanol–water partition coefficient (Wildman–Crippen LogP) is 2.02. The minimum absolute atomic E-state index is 0.0313. The maximum Gasteiger partial charge on any atom is 0.230 e. The van der Waals surface area contributed by atoms with E-state index < -0.39 is 11.5 Å². The second kappa shape index (κ2) is 7.85. The maximum atomic E-state index is 13.2. The smallest absolute Gasteiger partial charge is 0.230 e. The number of nitrogens with one attached hydrogen (secondary N) is 1. The molecule has 7 heteroatoms. The quantitative estimate of drug-likeness (QED) is 0.547. The Hall–Kier alpha value is -1.70. The molecule has 0 radical (unpaired) electrons. The van der Waals surface area contributed by atoms with E-state index in [2.05, 4.69) is 10.2 Å². The van der Waals surface area contributed by atoms with Gasteiger partial charge in [0.1, 0.15) is 5.60 Å². The first kappa shape index (κ1) is 19.3. The van der Waals surface area contributed by atoms with E-state index in [0.29, 0.717) is 19.6 Å². The van der Waals surface area contributed by atoms with Gasteiger partial charge in [-0.2, -0.15) is 0 Å². The molecule has 3 fully saturated rings. The lowest BCUT2D eigenvalue weighted by molar-refractivity contribution is -0.137. The van der Waals surface area contributed by atoms with Crippen LogP contribution in [0, 0.1) is 11.8 Å². The summed E-state index contributed by atoms with van der Waals surface area (Å²) in [5.74, 6) is -0.773. The van der Waals surface area contributed by atoms with Gasteiger partial charge in [-0.15, -0.1) is 11.3 Å². The van der Waals surface area contributed by atoms with Gasteiger partial charge in [0.05, 0.1) is 31.0 Å². The van der Waals surface area contributed by atoms with E-state index in [1.165, 1.54) is 32.4 Å². The Kier molecular flexibility index (Phi) is 5.22. The summed E-state index contributed by atoms with van der Waals surface area (Å²) >= 11 is 1.65. The van der Waals surface area contributed by atoms with Crippen molar-refractivity contribution < 1.29 is 14.3 Å². The lowest BCUT2D eigenvalue weighted by atomic mass is 9.77. The fourth-order valence-corrected chi connectivity index (χ4v) is 6.14. The first-order chi connectivity index (χ1) is 14.2. The topological polar surface area (TPSA) is 61.9 Å². The molecule has 156 valence electrons. The number of carbonyl (C=O) groups excluding carboxylic acids is 2. The van der Waals surface area contributed by atoms with E-state index in [9.17, 15) is 9.59 Å². The zero-order chi connectivity index (χ0) is 19.8. The zero-order valence-corrected chi connectivity index (χ0v) is 17.5. The van der Waals surface area contributed by atoms with Gasteiger partial charge in [0.15, 0.2) is 0 Å². The standard InChI is InChI=1S/C22H29N3O3S/c26-20(23-9-5-12-24-10-2-1-3-11-24)18-17-7-8-22(28-17)15-25(21(27)19(18)22)14-16-6-4-13-29-16/h4,6-8,13,17-19H,1-3,5,9-12,14-15H2,(H,23,26). The van der Waals surface area contributed by atoms with Crippen LogP contribution in [0.2, 0.25) is 0 Å². The van der Waals surface area contributed by atoms with E-state index in [1.54, 1.807) is 11.3 Å². The third-order valence-electron chi connectivity index (χ3n) is 6.81. The molecule has 6 nitrogen and oxygen atoms in total. The number of hydrogen-bond donors (Lipinski definition) is 1. The first-order valence-corrected chi connectivity index (χ1v) is 11.7. The molecular weight excluding hydrogens is 386 g/mol. The summed E-state index contributed by atoms with van der Waals surface area (Å²) in [6.45, 7) is 5.19. The lowest BCUT2D eigenvalue weighted by Gasteiger charge is -2.26. The first-order valence-electron chi connectivity index (χ1n) is 10.8. The van der Waals surface area contributed by atoms with E-state index in [4.69, 9.17) is 4.74 Å². The highest BCUT2D eigenvalue weighted by Crippen LogP contribution is 2.52. The van der Waals surface area contributed by atoms with Gasteiger partial charge in [-0.3, -0.25) is 9.59 Å². The number of rotatable bonds is 7. The minimum atomic E-state index is -0.616. The molecule has 1 aromatic heterocycles. The Bertz CT molecular complexity index is 789. The maximum absolute atomic E-state index is 13.2. The average molecular weight is 416 g/mol. The van der Waals surface area contributed by atoms with Gasteiger partial charge in [0, 0.05) is 11.4 Å². The van der Waals surface area contributed by atoms with Crippen molar-refractivity contribution >= 4 is 23.2 Å². The Balaban J connectivity index is 1.19. The average Bonchev–Trinajstić information content (AvgIpc) is 3.49. The van der Waals surface area contributed by atoms with Gasteiger partial charge in [-0.05, 0) is 50.3 Å². The second-order valence-electron chi connectivity index (χ2n) is 8.72. The molecule has 3 saturated heterocycles. The summed E-state index contributed by atoms with van der Waals surface area (Å²) in [5, 5.41) is 5.12. The SMILES string of the molecule is O=C(NCCCN1CCCCC1)C1C2C=CC3(CN(Cc4cccs4)C(=O)C13)O2. The Morgan fingerprint density at radius 1 is 1.31 bits per heavy atom. The minimum Gasteiger partial charge on any atom is -0.360 e. The molecule has 0 saturated carbocycles. The van der Waals surface area contributed by atoms with Gasteiger partial charge in [-0.1, -0.05) is 24.6 Å². The van der Waals surface area contributed by atoms with Gasteiger partial charge in [-0.25, -0.2) is 0 Å². The van der Waals surface area contributed by atoms with Crippen molar-refractivity contribution in [3.05, 3.63) is 34.5 Å². The molecule has 1 aromatic rings. The number of piperidine rings is 1. The van der Waals surface area contributed by atoms with Crippen LogP contribution >= 0.6 is 11.3 Å². The molecule has 4 atom stereocenters. The fraction of sp³-hybridized carbons (Fsp3) is 0.636. The molecule has 2 amide bonds. The van der Waals surface area contributed by atoms with Crippen LogP contribution in [0.1, 0.15) is 30.6 Å². The van der Waals surface area contributed by atoms with Crippen molar-refractivity contribution in [3.8, 4) is 0 Å². The number of hydrogen-bond acceptors (Lipinski definition) is 5. The number of likely N-dealkylation sites (tertiary alicyclic amines) is 2. The number of thiophene rings is 1. The third-order valence-corrected chi connectivity index (χ3v) is 7.67. The zero-order valence-electron chi connectivity index (χ0n) is 16.7. The van der Waals surface area contributed by atoms with Crippen molar-refractivity contribution in [1.82, 2.24) is 15.1 Å². The third kappa shape index (κ3) is 3.53. The molecule has 4 aliphatic rings. The van der Waals surface area contributed by atoms with E-state index in [0.717, 1.165) is 17.8 Å². The number of carbonyl (C=O) groups is 2. The molecule has 1 N–H and O–H groups in total. The van der Waals surface area contributed by atoms with Gasteiger partial charge in [0.25, 0.3) is 0 Å². The molecule has 5 heterocycles. The van der Waals surface area contributed by atoms with E-state index in [1.807, 2.05) is 34.6 Å². The summed E-state index contributed by atoms with van der Waals surface area (Å²) in [5.41, 5.74) is -0.616. The van der Waals surface area contributed by atoms with E-state index in [-0.39, 0.29) is 23.8 Å². The highest BCUT2D eigenvalue weighted by atomic mass is 32.1. The van der Waals surface area contributed by atoms with E-state index >= 15 is 0 Å². The molecule has 0 aromatic carbocycles. The predicted molar refractivity (Wildman–Crippen MR) is 111 cm³/mol. The Morgan fingerprint density at radius 2 is 2.17 bits per heavy atom. The van der Waals surface area contributed by atoms with Crippen molar-refractivity contribution in [1.29, 1.82) is 0 Å².